The molecule has 1 aromatic carbocycles. The van der Waals surface area contributed by atoms with Gasteiger partial charge in [0.15, 0.2) is 17.7 Å². The maximum absolute atomic E-state index is 12.9. The van der Waals surface area contributed by atoms with E-state index in [9.17, 15) is 18.7 Å². The lowest BCUT2D eigenvalue weighted by Crippen LogP contribution is -2.25. The number of aliphatic carboxylic acids is 1. The molecule has 0 aliphatic carbocycles. The van der Waals surface area contributed by atoms with Crippen LogP contribution < -0.4 is 0 Å². The highest BCUT2D eigenvalue weighted by molar-refractivity contribution is 5.72. The Morgan fingerprint density at radius 2 is 2.12 bits per heavy atom. The first-order valence-corrected chi connectivity index (χ1v) is 4.38. The number of carboxylic acid groups (broad SMARTS) is 1. The predicted octanol–water partition coefficient (Wildman–Crippen LogP) is 1.31. The van der Waals surface area contributed by atoms with Crippen LogP contribution in [0, 0.1) is 11.6 Å². The van der Waals surface area contributed by atoms with Gasteiger partial charge in [0.25, 0.3) is 0 Å². The van der Waals surface area contributed by atoms with E-state index in [-0.39, 0.29) is 12.0 Å². The summed E-state index contributed by atoms with van der Waals surface area (Å²) in [4.78, 5) is 10.6. The maximum Gasteiger partial charge on any atom is 0.333 e. The molecule has 0 saturated heterocycles. The molecule has 0 radical (unpaired) electrons. The van der Waals surface area contributed by atoms with Crippen LogP contribution in [0.5, 0.6) is 5.75 Å². The molecular formula is C10H10F2O4. The lowest BCUT2D eigenvalue weighted by molar-refractivity contribution is -0.148. The average Bonchev–Trinajstić information content (AvgIpc) is 2.20. The fourth-order valence-electron chi connectivity index (χ4n) is 1.25. The van der Waals surface area contributed by atoms with Gasteiger partial charge in [0.1, 0.15) is 5.82 Å². The van der Waals surface area contributed by atoms with Crippen LogP contribution in [0.15, 0.2) is 12.1 Å². The monoisotopic (exact) mass is 232 g/mol. The van der Waals surface area contributed by atoms with Gasteiger partial charge >= 0.3 is 5.97 Å². The average molecular weight is 232 g/mol. The van der Waals surface area contributed by atoms with Gasteiger partial charge in [-0.05, 0) is 6.07 Å². The molecule has 0 spiro atoms. The third kappa shape index (κ3) is 2.66. The summed E-state index contributed by atoms with van der Waals surface area (Å²) in [6.45, 7) is 0. The Hall–Kier alpha value is -1.69. The molecule has 0 aromatic heterocycles. The van der Waals surface area contributed by atoms with Crippen molar-refractivity contribution in [3.63, 3.8) is 0 Å². The van der Waals surface area contributed by atoms with Crippen molar-refractivity contribution in [1.29, 1.82) is 0 Å². The number of aromatic hydroxyl groups is 1. The highest BCUT2D eigenvalue weighted by Crippen LogP contribution is 2.24. The lowest BCUT2D eigenvalue weighted by Gasteiger charge is -2.11. The van der Waals surface area contributed by atoms with E-state index in [1.807, 2.05) is 0 Å². The Labute approximate surface area is 90.1 Å². The van der Waals surface area contributed by atoms with E-state index < -0.39 is 29.5 Å². The lowest BCUT2D eigenvalue weighted by atomic mass is 10.1. The number of hydrogen-bond donors (Lipinski definition) is 2. The molecule has 0 aliphatic heterocycles. The van der Waals surface area contributed by atoms with Gasteiger partial charge in [-0.3, -0.25) is 0 Å². The molecule has 1 unspecified atom stereocenters. The van der Waals surface area contributed by atoms with Crippen molar-refractivity contribution in [3.8, 4) is 5.75 Å². The molecule has 0 aliphatic rings. The van der Waals surface area contributed by atoms with Crippen LogP contribution in [-0.4, -0.2) is 29.4 Å². The number of methoxy groups -OCH3 is 1. The minimum absolute atomic E-state index is 0.147. The largest absolute Gasteiger partial charge is 0.505 e. The molecule has 0 saturated carbocycles. The van der Waals surface area contributed by atoms with Crippen LogP contribution in [0.25, 0.3) is 0 Å². The Morgan fingerprint density at radius 1 is 1.50 bits per heavy atom. The summed E-state index contributed by atoms with van der Waals surface area (Å²) in [5, 5.41) is 17.9. The molecular weight excluding hydrogens is 222 g/mol. The van der Waals surface area contributed by atoms with Gasteiger partial charge < -0.3 is 14.9 Å². The zero-order chi connectivity index (χ0) is 12.3. The summed E-state index contributed by atoms with van der Waals surface area (Å²) in [5.74, 6) is -4.04. The number of hydrogen-bond acceptors (Lipinski definition) is 3. The number of rotatable bonds is 4. The zero-order valence-corrected chi connectivity index (χ0v) is 8.41. The molecule has 0 heterocycles. The summed E-state index contributed by atoms with van der Waals surface area (Å²) in [6, 6.07) is 1.38. The van der Waals surface area contributed by atoms with E-state index in [1.165, 1.54) is 0 Å². The van der Waals surface area contributed by atoms with Gasteiger partial charge in [-0.1, -0.05) is 0 Å². The van der Waals surface area contributed by atoms with Gasteiger partial charge in [0.2, 0.25) is 0 Å². The van der Waals surface area contributed by atoms with Crippen molar-refractivity contribution in [1.82, 2.24) is 0 Å². The molecule has 0 fully saturated rings. The molecule has 88 valence electrons. The third-order valence-electron chi connectivity index (χ3n) is 2.07. The van der Waals surface area contributed by atoms with E-state index in [4.69, 9.17) is 5.11 Å². The molecule has 1 rings (SSSR count). The van der Waals surface area contributed by atoms with E-state index >= 15 is 0 Å². The SMILES string of the molecule is COC(Cc1cc(F)cc(F)c1O)C(=O)O. The van der Waals surface area contributed by atoms with Crippen molar-refractivity contribution >= 4 is 5.97 Å². The Balaban J connectivity index is 3.00. The number of carbonyl (C=O) groups is 1. The van der Waals surface area contributed by atoms with Gasteiger partial charge in [0, 0.05) is 25.2 Å². The molecule has 4 nitrogen and oxygen atoms in total. The summed E-state index contributed by atoms with van der Waals surface area (Å²) in [7, 11) is 1.16. The number of benzene rings is 1. The van der Waals surface area contributed by atoms with Crippen molar-refractivity contribution in [3.05, 3.63) is 29.3 Å². The second-order valence-electron chi connectivity index (χ2n) is 3.16. The molecule has 16 heavy (non-hydrogen) atoms. The first kappa shape index (κ1) is 12.4. The van der Waals surface area contributed by atoms with E-state index in [0.29, 0.717) is 6.07 Å². The Kier molecular flexibility index (Phi) is 3.78. The fourth-order valence-corrected chi connectivity index (χ4v) is 1.25. The minimum atomic E-state index is -1.27. The van der Waals surface area contributed by atoms with Crippen LogP contribution in [0.3, 0.4) is 0 Å². The summed E-state index contributed by atoms with van der Waals surface area (Å²) in [5.41, 5.74) is -0.147. The maximum atomic E-state index is 12.9. The van der Waals surface area contributed by atoms with Crippen LogP contribution in [0.4, 0.5) is 8.78 Å². The van der Waals surface area contributed by atoms with Crippen molar-refractivity contribution in [2.24, 2.45) is 0 Å². The summed E-state index contributed by atoms with van der Waals surface area (Å²) < 4.78 is 30.3. The van der Waals surface area contributed by atoms with E-state index in [2.05, 4.69) is 4.74 Å². The van der Waals surface area contributed by atoms with Gasteiger partial charge in [-0.25, -0.2) is 13.6 Å². The van der Waals surface area contributed by atoms with Crippen LogP contribution in [-0.2, 0) is 16.0 Å². The quantitative estimate of drug-likeness (QED) is 0.821. The van der Waals surface area contributed by atoms with Gasteiger partial charge in [-0.15, -0.1) is 0 Å². The Morgan fingerprint density at radius 3 is 2.62 bits per heavy atom. The van der Waals surface area contributed by atoms with Gasteiger partial charge in [0.05, 0.1) is 0 Å². The molecule has 1 aromatic rings. The van der Waals surface area contributed by atoms with E-state index in [1.54, 1.807) is 0 Å². The fraction of sp³-hybridized carbons (Fsp3) is 0.300. The second-order valence-corrected chi connectivity index (χ2v) is 3.16. The summed E-state index contributed by atoms with van der Waals surface area (Å²) in [6.07, 6.45) is -1.57. The standard InChI is InChI=1S/C10H10F2O4/c1-16-8(10(14)15)3-5-2-6(11)4-7(12)9(5)13/h2,4,8,13H,3H2,1H3,(H,14,15). The normalized spacial score (nSPS) is 12.4. The number of ether oxygens (including phenoxy) is 1. The van der Waals surface area contributed by atoms with Crippen molar-refractivity contribution in [2.75, 3.05) is 7.11 Å². The van der Waals surface area contributed by atoms with Crippen LogP contribution >= 0.6 is 0 Å². The molecule has 1 atom stereocenters. The highest BCUT2D eigenvalue weighted by Gasteiger charge is 2.20. The van der Waals surface area contributed by atoms with Crippen molar-refractivity contribution in [2.45, 2.75) is 12.5 Å². The topological polar surface area (TPSA) is 66.8 Å². The summed E-state index contributed by atoms with van der Waals surface area (Å²) >= 11 is 0. The number of halogens is 2. The second kappa shape index (κ2) is 4.89. The van der Waals surface area contributed by atoms with Gasteiger partial charge in [-0.2, -0.15) is 0 Å². The van der Waals surface area contributed by atoms with E-state index in [0.717, 1.165) is 13.2 Å². The van der Waals surface area contributed by atoms with Crippen LogP contribution in [0.2, 0.25) is 0 Å². The molecule has 0 bridgehead atoms. The Bertz CT molecular complexity index is 406. The molecule has 0 amide bonds. The minimum Gasteiger partial charge on any atom is -0.505 e. The number of carboxylic acids is 1. The number of phenolic OH excluding ortho intramolecular Hbond substituents is 1. The first-order chi connectivity index (χ1) is 7.45. The highest BCUT2D eigenvalue weighted by atomic mass is 19.1. The third-order valence-corrected chi connectivity index (χ3v) is 2.07. The zero-order valence-electron chi connectivity index (χ0n) is 8.41. The number of phenols is 1. The van der Waals surface area contributed by atoms with Crippen molar-refractivity contribution < 1.29 is 28.5 Å². The smallest absolute Gasteiger partial charge is 0.333 e. The van der Waals surface area contributed by atoms with Crippen LogP contribution in [0.1, 0.15) is 5.56 Å². The predicted molar refractivity (Wildman–Crippen MR) is 50.2 cm³/mol. The molecule has 2 N–H and O–H groups in total. The first-order valence-electron chi connectivity index (χ1n) is 4.38. The molecule has 6 heteroatoms.